The van der Waals surface area contributed by atoms with E-state index >= 15 is 0 Å². The van der Waals surface area contributed by atoms with E-state index in [-0.39, 0.29) is 17.2 Å². The Bertz CT molecular complexity index is 361. The van der Waals surface area contributed by atoms with Gasteiger partial charge in [-0.2, -0.15) is 0 Å². The van der Waals surface area contributed by atoms with Crippen LogP contribution in [0.5, 0.6) is 0 Å². The minimum atomic E-state index is -0.465. The molecule has 1 atom stereocenters. The molecule has 2 aliphatic rings. The molecule has 2 N–H and O–H groups in total. The van der Waals surface area contributed by atoms with Crippen LogP contribution in [0.15, 0.2) is 0 Å². The molecule has 0 aromatic rings. The number of morpholine rings is 1. The summed E-state index contributed by atoms with van der Waals surface area (Å²) in [6.45, 7) is 7.84. The second-order valence-electron chi connectivity index (χ2n) is 5.94. The molecule has 6 heteroatoms. The maximum atomic E-state index is 12.4. The van der Waals surface area contributed by atoms with Crippen LogP contribution in [0.3, 0.4) is 0 Å². The van der Waals surface area contributed by atoms with Crippen LogP contribution < -0.4 is 10.6 Å². The summed E-state index contributed by atoms with van der Waals surface area (Å²) in [5.41, 5.74) is -0.356. The van der Waals surface area contributed by atoms with Crippen molar-refractivity contribution in [1.82, 2.24) is 15.5 Å². The zero-order valence-corrected chi connectivity index (χ0v) is 12.4. The first-order chi connectivity index (χ1) is 9.53. The van der Waals surface area contributed by atoms with Crippen LogP contribution in [-0.2, 0) is 14.3 Å². The zero-order chi connectivity index (χ0) is 14.6. The molecule has 6 nitrogen and oxygen atoms in total. The van der Waals surface area contributed by atoms with Crippen LogP contribution in [0.4, 0.5) is 0 Å². The molecule has 0 aromatic carbocycles. The Morgan fingerprint density at radius 2 is 1.85 bits per heavy atom. The summed E-state index contributed by atoms with van der Waals surface area (Å²) in [6.07, 6.45) is 1.63. The van der Waals surface area contributed by atoms with E-state index in [9.17, 15) is 9.59 Å². The zero-order valence-electron chi connectivity index (χ0n) is 12.4. The molecule has 2 aliphatic heterocycles. The summed E-state index contributed by atoms with van der Waals surface area (Å²) in [6, 6.07) is -0.465. The Balaban J connectivity index is 1.87. The van der Waals surface area contributed by atoms with Crippen molar-refractivity contribution < 1.29 is 14.3 Å². The molecule has 0 radical (unpaired) electrons. The SMILES string of the molecule is CC(NC(=O)C1(C)CCNCC1)C(=O)N1CCOCC1. The second kappa shape index (κ2) is 6.54. The van der Waals surface area contributed by atoms with Gasteiger partial charge in [0.2, 0.25) is 11.8 Å². The maximum absolute atomic E-state index is 12.4. The van der Waals surface area contributed by atoms with Gasteiger partial charge in [0.1, 0.15) is 6.04 Å². The summed E-state index contributed by atoms with van der Waals surface area (Å²) in [5, 5.41) is 6.14. The first-order valence-electron chi connectivity index (χ1n) is 7.41. The number of nitrogens with zero attached hydrogens (tertiary/aromatic N) is 1. The van der Waals surface area contributed by atoms with Gasteiger partial charge >= 0.3 is 0 Å². The Morgan fingerprint density at radius 3 is 2.45 bits per heavy atom. The molecular weight excluding hydrogens is 258 g/mol. The molecule has 0 bridgehead atoms. The number of nitrogens with one attached hydrogen (secondary N) is 2. The van der Waals surface area contributed by atoms with E-state index in [2.05, 4.69) is 10.6 Å². The number of ether oxygens (including phenoxy) is 1. The molecule has 114 valence electrons. The molecule has 0 saturated carbocycles. The third kappa shape index (κ3) is 3.49. The average Bonchev–Trinajstić information content (AvgIpc) is 2.48. The number of hydrogen-bond donors (Lipinski definition) is 2. The van der Waals surface area contributed by atoms with Crippen molar-refractivity contribution in [3.05, 3.63) is 0 Å². The Kier molecular flexibility index (Phi) is 4.99. The van der Waals surface area contributed by atoms with Gasteiger partial charge in [-0.15, -0.1) is 0 Å². The highest BCUT2D eigenvalue weighted by Crippen LogP contribution is 2.28. The van der Waals surface area contributed by atoms with E-state index in [1.165, 1.54) is 0 Å². The van der Waals surface area contributed by atoms with Crippen LogP contribution >= 0.6 is 0 Å². The summed E-state index contributed by atoms with van der Waals surface area (Å²) < 4.78 is 5.23. The maximum Gasteiger partial charge on any atom is 0.245 e. The highest BCUT2D eigenvalue weighted by Gasteiger charge is 2.36. The van der Waals surface area contributed by atoms with Crippen LogP contribution in [0.2, 0.25) is 0 Å². The Morgan fingerprint density at radius 1 is 1.25 bits per heavy atom. The monoisotopic (exact) mass is 283 g/mol. The third-order valence-corrected chi connectivity index (χ3v) is 4.30. The molecular formula is C14H25N3O3. The Labute approximate surface area is 120 Å². The number of piperidine rings is 1. The largest absolute Gasteiger partial charge is 0.378 e. The van der Waals surface area contributed by atoms with Crippen LogP contribution in [0, 0.1) is 5.41 Å². The van der Waals surface area contributed by atoms with E-state index in [1.54, 1.807) is 11.8 Å². The number of amides is 2. The van der Waals surface area contributed by atoms with Gasteiger partial charge in [0.15, 0.2) is 0 Å². The average molecular weight is 283 g/mol. The molecule has 0 aromatic heterocycles. The number of carbonyl (C=O) groups is 2. The minimum absolute atomic E-state index is 0.00638. The van der Waals surface area contributed by atoms with Crippen molar-refractivity contribution in [3.63, 3.8) is 0 Å². The minimum Gasteiger partial charge on any atom is -0.378 e. The number of carbonyl (C=O) groups excluding carboxylic acids is 2. The smallest absolute Gasteiger partial charge is 0.245 e. The van der Waals surface area contributed by atoms with E-state index in [4.69, 9.17) is 4.74 Å². The molecule has 2 fully saturated rings. The van der Waals surface area contributed by atoms with Crippen molar-refractivity contribution in [2.45, 2.75) is 32.7 Å². The van der Waals surface area contributed by atoms with Crippen molar-refractivity contribution in [2.75, 3.05) is 39.4 Å². The van der Waals surface area contributed by atoms with Gasteiger partial charge in [0.25, 0.3) is 0 Å². The lowest BCUT2D eigenvalue weighted by Crippen LogP contribution is -2.54. The normalized spacial score (nSPS) is 24.0. The molecule has 0 aliphatic carbocycles. The van der Waals surface area contributed by atoms with Crippen molar-refractivity contribution in [3.8, 4) is 0 Å². The molecule has 20 heavy (non-hydrogen) atoms. The summed E-state index contributed by atoms with van der Waals surface area (Å²) in [5.74, 6) is -0.0210. The highest BCUT2D eigenvalue weighted by molar-refractivity contribution is 5.89. The van der Waals surface area contributed by atoms with Gasteiger partial charge in [-0.25, -0.2) is 0 Å². The molecule has 2 saturated heterocycles. The first kappa shape index (κ1) is 15.3. The fourth-order valence-corrected chi connectivity index (χ4v) is 2.70. The quantitative estimate of drug-likeness (QED) is 0.749. The van der Waals surface area contributed by atoms with Crippen molar-refractivity contribution >= 4 is 11.8 Å². The van der Waals surface area contributed by atoms with Crippen LogP contribution in [0.1, 0.15) is 26.7 Å². The highest BCUT2D eigenvalue weighted by atomic mass is 16.5. The topological polar surface area (TPSA) is 70.7 Å². The van der Waals surface area contributed by atoms with E-state index in [0.717, 1.165) is 25.9 Å². The van der Waals surface area contributed by atoms with Gasteiger partial charge in [-0.05, 0) is 32.9 Å². The fraction of sp³-hybridized carbons (Fsp3) is 0.857. The van der Waals surface area contributed by atoms with Gasteiger partial charge in [-0.1, -0.05) is 6.92 Å². The lowest BCUT2D eigenvalue weighted by Gasteiger charge is -2.35. The standard InChI is InChI=1S/C14H25N3O3/c1-11(12(18)17-7-9-20-10-8-17)16-13(19)14(2)3-5-15-6-4-14/h11,15H,3-10H2,1-2H3,(H,16,19). The summed E-state index contributed by atoms with van der Waals surface area (Å²) in [4.78, 5) is 26.4. The molecule has 2 heterocycles. The molecule has 1 unspecified atom stereocenters. The second-order valence-corrected chi connectivity index (χ2v) is 5.94. The predicted molar refractivity (Wildman–Crippen MR) is 75.2 cm³/mol. The van der Waals surface area contributed by atoms with E-state index < -0.39 is 6.04 Å². The molecule has 0 spiro atoms. The predicted octanol–water partition coefficient (Wildman–Crippen LogP) is -0.260. The van der Waals surface area contributed by atoms with Crippen molar-refractivity contribution in [1.29, 1.82) is 0 Å². The van der Waals surface area contributed by atoms with Crippen LogP contribution in [-0.4, -0.2) is 62.1 Å². The lowest BCUT2D eigenvalue weighted by atomic mass is 9.80. The molecule has 2 rings (SSSR count). The van der Waals surface area contributed by atoms with Gasteiger partial charge in [0, 0.05) is 18.5 Å². The van der Waals surface area contributed by atoms with Gasteiger partial charge < -0.3 is 20.3 Å². The van der Waals surface area contributed by atoms with Crippen molar-refractivity contribution in [2.24, 2.45) is 5.41 Å². The van der Waals surface area contributed by atoms with Gasteiger partial charge in [0.05, 0.1) is 13.2 Å². The number of hydrogen-bond acceptors (Lipinski definition) is 4. The number of rotatable bonds is 3. The first-order valence-corrected chi connectivity index (χ1v) is 7.41. The fourth-order valence-electron chi connectivity index (χ4n) is 2.70. The summed E-state index contributed by atoms with van der Waals surface area (Å²) in [7, 11) is 0. The van der Waals surface area contributed by atoms with Crippen LogP contribution in [0.25, 0.3) is 0 Å². The van der Waals surface area contributed by atoms with E-state index in [0.29, 0.717) is 26.3 Å². The molecule has 2 amide bonds. The Hall–Kier alpha value is -1.14. The summed E-state index contributed by atoms with van der Waals surface area (Å²) >= 11 is 0. The van der Waals surface area contributed by atoms with E-state index in [1.807, 2.05) is 6.92 Å². The third-order valence-electron chi connectivity index (χ3n) is 4.30. The van der Waals surface area contributed by atoms with Gasteiger partial charge in [-0.3, -0.25) is 9.59 Å². The lowest BCUT2D eigenvalue weighted by molar-refractivity contribution is -0.142.